The molecular weight excluding hydrogens is 240 g/mol. The number of aliphatic hydroxyl groups is 1. The van der Waals surface area contributed by atoms with Crippen molar-refractivity contribution in [3.8, 4) is 5.75 Å². The molecule has 0 amide bonds. The van der Waals surface area contributed by atoms with Crippen molar-refractivity contribution >= 4 is 5.69 Å². The molecule has 2 atom stereocenters. The SMILES string of the molecule is COc1cccc(N2CCN(C)CC2C)c1[C@@H](C)O. The summed E-state index contributed by atoms with van der Waals surface area (Å²) in [5.74, 6) is 0.763. The van der Waals surface area contributed by atoms with Crippen LogP contribution in [-0.4, -0.2) is 49.8 Å². The van der Waals surface area contributed by atoms with Crippen LogP contribution in [0.5, 0.6) is 5.75 Å². The molecule has 1 fully saturated rings. The largest absolute Gasteiger partial charge is 0.496 e. The lowest BCUT2D eigenvalue weighted by Gasteiger charge is -2.41. The Bertz CT molecular complexity index is 434. The molecule has 1 aliphatic rings. The molecule has 1 heterocycles. The summed E-state index contributed by atoms with van der Waals surface area (Å²) in [4.78, 5) is 4.70. The van der Waals surface area contributed by atoms with E-state index in [0.29, 0.717) is 6.04 Å². The van der Waals surface area contributed by atoms with Gasteiger partial charge in [-0.3, -0.25) is 0 Å². The fraction of sp³-hybridized carbons (Fsp3) is 0.600. The van der Waals surface area contributed by atoms with E-state index in [1.165, 1.54) is 0 Å². The van der Waals surface area contributed by atoms with Crippen LogP contribution in [0.25, 0.3) is 0 Å². The van der Waals surface area contributed by atoms with Gasteiger partial charge in [-0.25, -0.2) is 0 Å². The molecule has 19 heavy (non-hydrogen) atoms. The molecule has 4 nitrogen and oxygen atoms in total. The van der Waals surface area contributed by atoms with Gasteiger partial charge in [0.1, 0.15) is 5.75 Å². The first-order valence-electron chi connectivity index (χ1n) is 6.84. The second-order valence-electron chi connectivity index (χ2n) is 5.37. The highest BCUT2D eigenvalue weighted by molar-refractivity contribution is 5.61. The van der Waals surface area contributed by atoms with Gasteiger partial charge in [-0.05, 0) is 33.0 Å². The Morgan fingerprint density at radius 2 is 2.11 bits per heavy atom. The smallest absolute Gasteiger partial charge is 0.126 e. The molecule has 1 N–H and O–H groups in total. The van der Waals surface area contributed by atoms with Crippen LogP contribution < -0.4 is 9.64 Å². The maximum absolute atomic E-state index is 10.1. The van der Waals surface area contributed by atoms with Crippen molar-refractivity contribution in [3.05, 3.63) is 23.8 Å². The molecule has 2 rings (SSSR count). The van der Waals surface area contributed by atoms with Crippen molar-refractivity contribution < 1.29 is 9.84 Å². The minimum Gasteiger partial charge on any atom is -0.496 e. The summed E-state index contributed by atoms with van der Waals surface area (Å²) in [6, 6.07) is 6.41. The lowest BCUT2D eigenvalue weighted by molar-refractivity contribution is 0.193. The topological polar surface area (TPSA) is 35.9 Å². The van der Waals surface area contributed by atoms with E-state index in [0.717, 1.165) is 36.6 Å². The number of rotatable bonds is 3. The van der Waals surface area contributed by atoms with Crippen LogP contribution >= 0.6 is 0 Å². The van der Waals surface area contributed by atoms with E-state index >= 15 is 0 Å². The van der Waals surface area contributed by atoms with Gasteiger partial charge in [0.25, 0.3) is 0 Å². The number of anilines is 1. The summed E-state index contributed by atoms with van der Waals surface area (Å²) >= 11 is 0. The quantitative estimate of drug-likeness (QED) is 0.904. The molecule has 0 spiro atoms. The van der Waals surface area contributed by atoms with Crippen molar-refractivity contribution in [1.82, 2.24) is 4.90 Å². The summed E-state index contributed by atoms with van der Waals surface area (Å²) in [5, 5.41) is 10.1. The van der Waals surface area contributed by atoms with Crippen molar-refractivity contribution in [1.29, 1.82) is 0 Å². The first kappa shape index (κ1) is 14.2. The number of nitrogens with zero attached hydrogens (tertiary/aromatic N) is 2. The number of piperazine rings is 1. The van der Waals surface area contributed by atoms with Gasteiger partial charge >= 0.3 is 0 Å². The molecular formula is C15H24N2O2. The van der Waals surface area contributed by atoms with Crippen molar-refractivity contribution in [3.63, 3.8) is 0 Å². The van der Waals surface area contributed by atoms with Gasteiger partial charge in [0, 0.05) is 36.9 Å². The van der Waals surface area contributed by atoms with Crippen molar-refractivity contribution in [2.75, 3.05) is 38.7 Å². The van der Waals surface area contributed by atoms with Crippen LogP contribution in [0.3, 0.4) is 0 Å². The fourth-order valence-corrected chi connectivity index (χ4v) is 2.88. The molecule has 0 saturated carbocycles. The number of aliphatic hydroxyl groups excluding tert-OH is 1. The van der Waals surface area contributed by atoms with Crippen LogP contribution in [0.2, 0.25) is 0 Å². The molecule has 0 radical (unpaired) electrons. The fourth-order valence-electron chi connectivity index (χ4n) is 2.88. The Balaban J connectivity index is 2.38. The van der Waals surface area contributed by atoms with Crippen LogP contribution in [0, 0.1) is 0 Å². The predicted octanol–water partition coefficient (Wildman–Crippen LogP) is 1.89. The number of likely N-dealkylation sites (N-methyl/N-ethyl adjacent to an activating group) is 1. The Kier molecular flexibility index (Phi) is 4.32. The van der Waals surface area contributed by atoms with Crippen LogP contribution in [0.15, 0.2) is 18.2 Å². The van der Waals surface area contributed by atoms with E-state index < -0.39 is 6.10 Å². The van der Waals surface area contributed by atoms with Crippen molar-refractivity contribution in [2.24, 2.45) is 0 Å². The van der Waals surface area contributed by atoms with Crippen LogP contribution in [0.4, 0.5) is 5.69 Å². The summed E-state index contributed by atoms with van der Waals surface area (Å²) in [5.41, 5.74) is 1.98. The summed E-state index contributed by atoms with van der Waals surface area (Å²) in [6.07, 6.45) is -0.530. The zero-order valence-corrected chi connectivity index (χ0v) is 12.3. The first-order valence-corrected chi connectivity index (χ1v) is 6.84. The van der Waals surface area contributed by atoms with Gasteiger partial charge in [-0.1, -0.05) is 6.07 Å². The molecule has 0 bridgehead atoms. The van der Waals surface area contributed by atoms with Gasteiger partial charge in [-0.15, -0.1) is 0 Å². The number of methoxy groups -OCH3 is 1. The molecule has 4 heteroatoms. The molecule has 1 unspecified atom stereocenters. The summed E-state index contributed by atoms with van der Waals surface area (Å²) < 4.78 is 5.40. The van der Waals surface area contributed by atoms with Gasteiger partial charge in [0.2, 0.25) is 0 Å². The lowest BCUT2D eigenvalue weighted by Crippen LogP contribution is -2.50. The second kappa shape index (κ2) is 5.80. The Labute approximate surface area is 115 Å². The third-order valence-electron chi connectivity index (χ3n) is 3.82. The Hall–Kier alpha value is -1.26. The molecule has 106 valence electrons. The maximum Gasteiger partial charge on any atom is 0.126 e. The highest BCUT2D eigenvalue weighted by atomic mass is 16.5. The summed E-state index contributed by atoms with van der Waals surface area (Å²) in [6.45, 7) is 7.07. The standard InChI is InChI=1S/C15H24N2O2/c1-11-10-16(3)8-9-17(11)13-6-5-7-14(19-4)15(13)12(2)18/h5-7,11-12,18H,8-10H2,1-4H3/t11?,12-/m1/s1. The highest BCUT2D eigenvalue weighted by Gasteiger charge is 2.26. The molecule has 1 aromatic rings. The highest BCUT2D eigenvalue weighted by Crippen LogP contribution is 2.36. The van der Waals surface area contributed by atoms with Crippen molar-refractivity contribution in [2.45, 2.75) is 26.0 Å². The third-order valence-corrected chi connectivity index (χ3v) is 3.82. The third kappa shape index (κ3) is 2.85. The number of hydrogen-bond acceptors (Lipinski definition) is 4. The van der Waals surface area contributed by atoms with E-state index in [1.54, 1.807) is 14.0 Å². The predicted molar refractivity (Wildman–Crippen MR) is 77.9 cm³/mol. The zero-order valence-electron chi connectivity index (χ0n) is 12.3. The van der Waals surface area contributed by atoms with Gasteiger partial charge in [-0.2, -0.15) is 0 Å². The number of ether oxygens (including phenoxy) is 1. The van der Waals surface area contributed by atoms with Crippen LogP contribution in [0.1, 0.15) is 25.5 Å². The molecule has 0 aromatic heterocycles. The normalized spacial score (nSPS) is 22.4. The van der Waals surface area contributed by atoms with E-state index in [2.05, 4.69) is 29.8 Å². The Morgan fingerprint density at radius 3 is 2.68 bits per heavy atom. The minimum atomic E-state index is -0.530. The van der Waals surface area contributed by atoms with E-state index in [9.17, 15) is 5.11 Å². The van der Waals surface area contributed by atoms with E-state index in [4.69, 9.17) is 4.74 Å². The second-order valence-corrected chi connectivity index (χ2v) is 5.37. The average Bonchev–Trinajstić information content (AvgIpc) is 2.37. The molecule has 1 aliphatic heterocycles. The minimum absolute atomic E-state index is 0.434. The summed E-state index contributed by atoms with van der Waals surface area (Å²) in [7, 11) is 3.80. The van der Waals surface area contributed by atoms with E-state index in [1.807, 2.05) is 12.1 Å². The van der Waals surface area contributed by atoms with Crippen LogP contribution in [-0.2, 0) is 0 Å². The monoisotopic (exact) mass is 264 g/mol. The zero-order chi connectivity index (χ0) is 14.0. The lowest BCUT2D eigenvalue weighted by atomic mass is 10.0. The Morgan fingerprint density at radius 1 is 1.37 bits per heavy atom. The van der Waals surface area contributed by atoms with E-state index in [-0.39, 0.29) is 0 Å². The molecule has 0 aliphatic carbocycles. The number of benzene rings is 1. The molecule has 1 aromatic carbocycles. The average molecular weight is 264 g/mol. The first-order chi connectivity index (χ1) is 9.04. The number of hydrogen-bond donors (Lipinski definition) is 1. The van der Waals surface area contributed by atoms with Gasteiger partial charge < -0.3 is 19.6 Å². The maximum atomic E-state index is 10.1. The van der Waals surface area contributed by atoms with Gasteiger partial charge in [0.05, 0.1) is 13.2 Å². The molecule has 1 saturated heterocycles. The van der Waals surface area contributed by atoms with Gasteiger partial charge in [0.15, 0.2) is 0 Å².